The molecule has 1 aromatic heterocycles. The van der Waals surface area contributed by atoms with Gasteiger partial charge in [0.2, 0.25) is 11.9 Å². The van der Waals surface area contributed by atoms with Gasteiger partial charge in [-0.25, -0.2) is 18.4 Å². The highest BCUT2D eigenvalue weighted by Crippen LogP contribution is 2.29. The number of anilines is 1. The van der Waals surface area contributed by atoms with E-state index in [2.05, 4.69) is 9.97 Å². The Labute approximate surface area is 146 Å². The fourth-order valence-electron chi connectivity index (χ4n) is 3.34. The molecular formula is C15H22N4O5S. The van der Waals surface area contributed by atoms with E-state index in [9.17, 15) is 13.2 Å². The summed E-state index contributed by atoms with van der Waals surface area (Å²) in [5, 5.41) is 0. The number of hydrogen-bond acceptors (Lipinski definition) is 8. The Kier molecular flexibility index (Phi) is 5.50. The lowest BCUT2D eigenvalue weighted by atomic mass is 10.1. The number of methoxy groups -OCH3 is 1. The maximum atomic E-state index is 12.5. The number of carbonyl (C=O) groups excluding carboxylic acids is 1. The minimum atomic E-state index is -3.22. The number of piperazine rings is 1. The molecule has 2 atom stereocenters. The molecule has 25 heavy (non-hydrogen) atoms. The zero-order valence-corrected chi connectivity index (χ0v) is 14.9. The van der Waals surface area contributed by atoms with E-state index in [0.29, 0.717) is 32.3 Å². The Morgan fingerprint density at radius 2 is 1.92 bits per heavy atom. The molecule has 0 saturated carbocycles. The van der Waals surface area contributed by atoms with Crippen molar-refractivity contribution in [2.24, 2.45) is 0 Å². The number of ether oxygens (including phenoxy) is 2. The second-order valence-corrected chi connectivity index (χ2v) is 8.24. The maximum Gasteiger partial charge on any atom is 0.248 e. The van der Waals surface area contributed by atoms with E-state index in [1.54, 1.807) is 30.5 Å². The summed E-state index contributed by atoms with van der Waals surface area (Å²) in [6.45, 7) is 1.57. The van der Waals surface area contributed by atoms with E-state index in [4.69, 9.17) is 9.47 Å². The third-order valence-electron chi connectivity index (χ3n) is 4.46. The van der Waals surface area contributed by atoms with Gasteiger partial charge in [-0.2, -0.15) is 0 Å². The van der Waals surface area contributed by atoms with Crippen molar-refractivity contribution in [3.63, 3.8) is 0 Å². The lowest BCUT2D eigenvalue weighted by Gasteiger charge is -2.43. The number of amides is 1. The van der Waals surface area contributed by atoms with Gasteiger partial charge in [0.25, 0.3) is 0 Å². The first kappa shape index (κ1) is 18.0. The molecular weight excluding hydrogens is 348 g/mol. The van der Waals surface area contributed by atoms with E-state index in [-0.39, 0.29) is 30.1 Å². The van der Waals surface area contributed by atoms with Crippen molar-refractivity contribution < 1.29 is 22.7 Å². The number of aromatic nitrogens is 2. The largest absolute Gasteiger partial charge is 0.382 e. The van der Waals surface area contributed by atoms with Gasteiger partial charge in [0.1, 0.15) is 6.61 Å². The fourth-order valence-corrected chi connectivity index (χ4v) is 5.32. The van der Waals surface area contributed by atoms with Crippen LogP contribution in [-0.4, -0.2) is 92.8 Å². The van der Waals surface area contributed by atoms with Gasteiger partial charge < -0.3 is 19.3 Å². The topological polar surface area (TPSA) is 102 Å². The molecule has 2 aliphatic heterocycles. The average molecular weight is 370 g/mol. The smallest absolute Gasteiger partial charge is 0.248 e. The first-order valence-corrected chi connectivity index (χ1v) is 9.94. The molecule has 0 radical (unpaired) electrons. The minimum Gasteiger partial charge on any atom is -0.382 e. The predicted molar refractivity (Wildman–Crippen MR) is 90.0 cm³/mol. The van der Waals surface area contributed by atoms with Crippen LogP contribution in [0.1, 0.15) is 0 Å². The number of nitrogens with zero attached hydrogens (tertiary/aromatic N) is 4. The fraction of sp³-hybridized carbons (Fsp3) is 0.667. The lowest BCUT2D eigenvalue weighted by molar-refractivity contribution is -0.139. The van der Waals surface area contributed by atoms with Crippen LogP contribution in [0.2, 0.25) is 0 Å². The second-order valence-electron chi connectivity index (χ2n) is 6.09. The minimum absolute atomic E-state index is 0.00420. The average Bonchev–Trinajstić information content (AvgIpc) is 2.93. The van der Waals surface area contributed by atoms with Crippen LogP contribution in [0.3, 0.4) is 0 Å². The standard InChI is InChI=1S/C15H22N4O5S/c1-23-7-8-24-9-14(20)18-5-6-19(15-16-3-2-4-17-15)13-11-25(21,22)10-12(13)18/h2-4,12-13H,5-11H2,1H3/t12-,13+/m0/s1. The number of carbonyl (C=O) groups is 1. The highest BCUT2D eigenvalue weighted by Gasteiger charge is 2.48. The van der Waals surface area contributed by atoms with Crippen molar-refractivity contribution in [3.8, 4) is 0 Å². The molecule has 3 heterocycles. The summed E-state index contributed by atoms with van der Waals surface area (Å²) < 4.78 is 34.6. The number of hydrogen-bond donors (Lipinski definition) is 0. The van der Waals surface area contributed by atoms with Crippen LogP contribution < -0.4 is 4.90 Å². The van der Waals surface area contributed by atoms with Crippen LogP contribution in [0.15, 0.2) is 18.5 Å². The SMILES string of the molecule is COCCOCC(=O)N1CCN(c2ncccn2)[C@@H]2CS(=O)(=O)C[C@@H]21. The summed E-state index contributed by atoms with van der Waals surface area (Å²) in [5.41, 5.74) is 0. The number of sulfone groups is 1. The quantitative estimate of drug-likeness (QED) is 0.585. The summed E-state index contributed by atoms with van der Waals surface area (Å²) in [6.07, 6.45) is 3.25. The van der Waals surface area contributed by atoms with Crippen molar-refractivity contribution in [2.45, 2.75) is 12.1 Å². The van der Waals surface area contributed by atoms with Gasteiger partial charge >= 0.3 is 0 Å². The van der Waals surface area contributed by atoms with Crippen LogP contribution in [0.25, 0.3) is 0 Å². The molecule has 0 N–H and O–H groups in total. The van der Waals surface area contributed by atoms with Crippen LogP contribution in [0, 0.1) is 0 Å². The first-order valence-electron chi connectivity index (χ1n) is 8.12. The van der Waals surface area contributed by atoms with E-state index in [1.807, 2.05) is 4.90 Å². The van der Waals surface area contributed by atoms with Crippen molar-refractivity contribution in [2.75, 3.05) is 56.4 Å². The number of rotatable bonds is 6. The second kappa shape index (κ2) is 7.63. The summed E-state index contributed by atoms with van der Waals surface area (Å²) in [4.78, 5) is 24.5. The Balaban J connectivity index is 1.73. The molecule has 138 valence electrons. The summed E-state index contributed by atoms with van der Waals surface area (Å²) in [6, 6.07) is 0.980. The van der Waals surface area contributed by atoms with Gasteiger partial charge in [0.05, 0.1) is 36.8 Å². The van der Waals surface area contributed by atoms with Gasteiger partial charge in [0, 0.05) is 32.6 Å². The highest BCUT2D eigenvalue weighted by molar-refractivity contribution is 7.91. The van der Waals surface area contributed by atoms with Crippen molar-refractivity contribution in [1.29, 1.82) is 0 Å². The monoisotopic (exact) mass is 370 g/mol. The molecule has 3 rings (SSSR count). The molecule has 0 spiro atoms. The molecule has 2 aliphatic rings. The van der Waals surface area contributed by atoms with E-state index < -0.39 is 15.9 Å². The molecule has 1 aromatic rings. The Morgan fingerprint density at radius 3 is 2.64 bits per heavy atom. The summed E-state index contributed by atoms with van der Waals surface area (Å²) in [7, 11) is -1.66. The molecule has 0 aliphatic carbocycles. The summed E-state index contributed by atoms with van der Waals surface area (Å²) in [5.74, 6) is 0.268. The van der Waals surface area contributed by atoms with Crippen molar-refractivity contribution in [3.05, 3.63) is 18.5 Å². The Morgan fingerprint density at radius 1 is 1.20 bits per heavy atom. The Bertz CT molecular complexity index is 699. The van der Waals surface area contributed by atoms with E-state index >= 15 is 0 Å². The van der Waals surface area contributed by atoms with Crippen molar-refractivity contribution >= 4 is 21.7 Å². The van der Waals surface area contributed by atoms with E-state index in [1.165, 1.54) is 0 Å². The highest BCUT2D eigenvalue weighted by atomic mass is 32.2. The molecule has 2 saturated heterocycles. The van der Waals surface area contributed by atoms with Crippen LogP contribution in [0.5, 0.6) is 0 Å². The van der Waals surface area contributed by atoms with Gasteiger partial charge in [0.15, 0.2) is 9.84 Å². The molecule has 2 fully saturated rings. The number of fused-ring (bicyclic) bond motifs is 1. The zero-order chi connectivity index (χ0) is 17.9. The molecule has 10 heteroatoms. The van der Waals surface area contributed by atoms with Crippen LogP contribution in [0.4, 0.5) is 5.95 Å². The third kappa shape index (κ3) is 4.07. The Hall–Kier alpha value is -1.78. The van der Waals surface area contributed by atoms with Gasteiger partial charge in [-0.15, -0.1) is 0 Å². The van der Waals surface area contributed by atoms with Gasteiger partial charge in [-0.05, 0) is 6.07 Å². The molecule has 9 nitrogen and oxygen atoms in total. The predicted octanol–water partition coefficient (Wildman–Crippen LogP) is -1.05. The maximum absolute atomic E-state index is 12.5. The third-order valence-corrected chi connectivity index (χ3v) is 6.16. The van der Waals surface area contributed by atoms with Crippen LogP contribution in [-0.2, 0) is 24.1 Å². The lowest BCUT2D eigenvalue weighted by Crippen LogP contribution is -2.61. The van der Waals surface area contributed by atoms with Gasteiger partial charge in [-0.3, -0.25) is 4.79 Å². The summed E-state index contributed by atoms with van der Waals surface area (Å²) >= 11 is 0. The zero-order valence-electron chi connectivity index (χ0n) is 14.1. The van der Waals surface area contributed by atoms with Crippen molar-refractivity contribution in [1.82, 2.24) is 14.9 Å². The van der Waals surface area contributed by atoms with E-state index in [0.717, 1.165) is 0 Å². The molecule has 0 unspecified atom stereocenters. The molecule has 1 amide bonds. The normalized spacial score (nSPS) is 25.0. The van der Waals surface area contributed by atoms with Gasteiger partial charge in [-0.1, -0.05) is 0 Å². The molecule has 0 bridgehead atoms. The first-order chi connectivity index (χ1) is 12.0. The van der Waals surface area contributed by atoms with Crippen LogP contribution >= 0.6 is 0 Å². The molecule has 0 aromatic carbocycles.